The number of amides is 2. The highest BCUT2D eigenvalue weighted by Crippen LogP contribution is 2.35. The number of anilines is 2. The molecule has 1 atom stereocenters. The number of carbonyl (C=O) groups is 1. The first-order chi connectivity index (χ1) is 12.3. The van der Waals surface area contributed by atoms with Gasteiger partial charge in [-0.1, -0.05) is 13.0 Å². The predicted octanol–water partition coefficient (Wildman–Crippen LogP) is 4.89. The molecule has 3 heterocycles. The molecule has 1 aromatic heterocycles. The van der Waals surface area contributed by atoms with Crippen LogP contribution in [0.25, 0.3) is 0 Å². The molecule has 2 aromatic rings. The molecule has 2 aliphatic rings. The van der Waals surface area contributed by atoms with Crippen molar-refractivity contribution in [3.05, 3.63) is 46.2 Å². The predicted molar refractivity (Wildman–Crippen MR) is 105 cm³/mol. The van der Waals surface area contributed by atoms with Crippen LogP contribution in [0.15, 0.2) is 35.7 Å². The van der Waals surface area contributed by atoms with Crippen molar-refractivity contribution < 1.29 is 4.79 Å². The maximum Gasteiger partial charge on any atom is 0.322 e. The van der Waals surface area contributed by atoms with Gasteiger partial charge in [0.15, 0.2) is 0 Å². The molecule has 1 aromatic carbocycles. The monoisotopic (exact) mass is 355 g/mol. The maximum atomic E-state index is 12.9. The van der Waals surface area contributed by atoms with Gasteiger partial charge in [0.25, 0.3) is 0 Å². The van der Waals surface area contributed by atoms with Crippen LogP contribution in [0.3, 0.4) is 0 Å². The van der Waals surface area contributed by atoms with Gasteiger partial charge in [-0.3, -0.25) is 0 Å². The lowest BCUT2D eigenvalue weighted by molar-refractivity contribution is 0.181. The number of rotatable bonds is 3. The van der Waals surface area contributed by atoms with Crippen LogP contribution in [0, 0.1) is 0 Å². The zero-order valence-corrected chi connectivity index (χ0v) is 15.5. The zero-order valence-electron chi connectivity index (χ0n) is 14.7. The van der Waals surface area contributed by atoms with Gasteiger partial charge in [-0.25, -0.2) is 4.79 Å². The van der Waals surface area contributed by atoms with E-state index in [0.29, 0.717) is 0 Å². The van der Waals surface area contributed by atoms with Gasteiger partial charge in [0.2, 0.25) is 0 Å². The van der Waals surface area contributed by atoms with Gasteiger partial charge in [-0.2, -0.15) is 0 Å². The number of thiophene rings is 1. The number of nitrogens with zero attached hydrogens (tertiary/aromatic N) is 2. The highest BCUT2D eigenvalue weighted by molar-refractivity contribution is 7.10. The Morgan fingerprint density at radius 1 is 1.24 bits per heavy atom. The van der Waals surface area contributed by atoms with Crippen LogP contribution in [0.5, 0.6) is 0 Å². The van der Waals surface area contributed by atoms with Crippen LogP contribution in [0.2, 0.25) is 0 Å². The van der Waals surface area contributed by atoms with E-state index in [2.05, 4.69) is 40.7 Å². The smallest absolute Gasteiger partial charge is 0.322 e. The minimum atomic E-state index is 0.0160. The Bertz CT molecular complexity index is 751. The summed E-state index contributed by atoms with van der Waals surface area (Å²) in [5, 5.41) is 5.27. The van der Waals surface area contributed by atoms with Crippen LogP contribution < -0.4 is 10.2 Å². The minimum Gasteiger partial charge on any atom is -0.371 e. The molecule has 4 rings (SSSR count). The van der Waals surface area contributed by atoms with Gasteiger partial charge in [0.1, 0.15) is 0 Å². The lowest BCUT2D eigenvalue weighted by Crippen LogP contribution is -2.41. The molecular formula is C20H25N3OS. The Labute approximate surface area is 153 Å². The van der Waals surface area contributed by atoms with Crippen molar-refractivity contribution in [3.8, 4) is 0 Å². The van der Waals surface area contributed by atoms with E-state index in [1.54, 1.807) is 0 Å². The number of hydrogen-bond donors (Lipinski definition) is 1. The van der Waals surface area contributed by atoms with E-state index in [9.17, 15) is 4.79 Å². The normalized spacial score (nSPS) is 19.8. The summed E-state index contributed by atoms with van der Waals surface area (Å²) < 4.78 is 0. The van der Waals surface area contributed by atoms with Gasteiger partial charge in [-0.05, 0) is 60.9 Å². The Morgan fingerprint density at radius 2 is 2.08 bits per heavy atom. The molecule has 2 amide bonds. The standard InChI is InChI=1S/C20H25N3OS/c1-2-18-17-9-13-25-19(17)8-12-23(18)20(24)21-15-6-5-7-16(14-15)22-10-3-4-11-22/h5-7,9,13-14,18H,2-4,8,10-12H2,1H3,(H,21,24). The third-order valence-electron chi connectivity index (χ3n) is 5.31. The molecule has 0 aliphatic carbocycles. The number of urea groups is 1. The van der Waals surface area contributed by atoms with Gasteiger partial charge in [0.05, 0.1) is 6.04 Å². The molecule has 1 unspecified atom stereocenters. The van der Waals surface area contributed by atoms with Crippen molar-refractivity contribution in [2.45, 2.75) is 38.6 Å². The highest BCUT2D eigenvalue weighted by atomic mass is 32.1. The highest BCUT2D eigenvalue weighted by Gasteiger charge is 2.30. The topological polar surface area (TPSA) is 35.6 Å². The lowest BCUT2D eigenvalue weighted by atomic mass is 9.98. The van der Waals surface area contributed by atoms with Crippen molar-refractivity contribution in [1.82, 2.24) is 4.90 Å². The lowest BCUT2D eigenvalue weighted by Gasteiger charge is -2.35. The van der Waals surface area contributed by atoms with Crippen molar-refractivity contribution in [2.75, 3.05) is 29.9 Å². The fraction of sp³-hybridized carbons (Fsp3) is 0.450. The number of hydrogen-bond acceptors (Lipinski definition) is 3. The quantitative estimate of drug-likeness (QED) is 0.851. The summed E-state index contributed by atoms with van der Waals surface area (Å²) in [6, 6.07) is 10.6. The van der Waals surface area contributed by atoms with E-state index in [1.165, 1.54) is 29.0 Å². The van der Waals surface area contributed by atoms with E-state index in [0.717, 1.165) is 38.2 Å². The largest absolute Gasteiger partial charge is 0.371 e. The summed E-state index contributed by atoms with van der Waals surface area (Å²) in [6.07, 6.45) is 4.42. The third-order valence-corrected chi connectivity index (χ3v) is 6.31. The number of fused-ring (bicyclic) bond motifs is 1. The summed E-state index contributed by atoms with van der Waals surface area (Å²) in [5.41, 5.74) is 3.43. The molecule has 2 aliphatic heterocycles. The van der Waals surface area contributed by atoms with Crippen LogP contribution in [-0.2, 0) is 6.42 Å². The summed E-state index contributed by atoms with van der Waals surface area (Å²) in [6.45, 7) is 5.18. The van der Waals surface area contributed by atoms with Crippen molar-refractivity contribution in [1.29, 1.82) is 0 Å². The van der Waals surface area contributed by atoms with Crippen LogP contribution in [-0.4, -0.2) is 30.6 Å². The Morgan fingerprint density at radius 3 is 2.88 bits per heavy atom. The van der Waals surface area contributed by atoms with Crippen LogP contribution in [0.1, 0.15) is 42.7 Å². The van der Waals surface area contributed by atoms with Crippen molar-refractivity contribution >= 4 is 28.7 Å². The second-order valence-corrected chi connectivity index (χ2v) is 7.84. The number of carbonyl (C=O) groups excluding carboxylic acids is 1. The van der Waals surface area contributed by atoms with E-state index < -0.39 is 0 Å². The van der Waals surface area contributed by atoms with Gasteiger partial charge in [-0.15, -0.1) is 11.3 Å². The summed E-state index contributed by atoms with van der Waals surface area (Å²) in [4.78, 5) is 18.7. The second kappa shape index (κ2) is 7.08. The molecule has 1 fully saturated rings. The van der Waals surface area contributed by atoms with E-state index >= 15 is 0 Å². The fourth-order valence-corrected chi connectivity index (χ4v) is 4.96. The molecule has 0 radical (unpaired) electrons. The zero-order chi connectivity index (χ0) is 17.2. The fourth-order valence-electron chi connectivity index (χ4n) is 4.03. The van der Waals surface area contributed by atoms with Crippen LogP contribution >= 0.6 is 11.3 Å². The van der Waals surface area contributed by atoms with Crippen molar-refractivity contribution in [3.63, 3.8) is 0 Å². The van der Waals surface area contributed by atoms with Crippen molar-refractivity contribution in [2.24, 2.45) is 0 Å². The van der Waals surface area contributed by atoms with Gasteiger partial charge < -0.3 is 15.1 Å². The van der Waals surface area contributed by atoms with Gasteiger partial charge in [0, 0.05) is 35.9 Å². The molecule has 1 saturated heterocycles. The molecular weight excluding hydrogens is 330 g/mol. The molecule has 0 bridgehead atoms. The summed E-state index contributed by atoms with van der Waals surface area (Å²) in [5.74, 6) is 0. The SMILES string of the molecule is CCC1c2ccsc2CCN1C(=O)Nc1cccc(N2CCCC2)c1. The Hall–Kier alpha value is -2.01. The molecule has 5 heteroatoms. The molecule has 0 spiro atoms. The van der Waals surface area contributed by atoms with E-state index in [4.69, 9.17) is 0 Å². The molecule has 25 heavy (non-hydrogen) atoms. The van der Waals surface area contributed by atoms with E-state index in [-0.39, 0.29) is 12.1 Å². The first-order valence-corrected chi connectivity index (χ1v) is 10.1. The average Bonchev–Trinajstić information content (AvgIpc) is 3.32. The van der Waals surface area contributed by atoms with E-state index in [1.807, 2.05) is 28.4 Å². The second-order valence-electron chi connectivity index (χ2n) is 6.84. The number of benzene rings is 1. The Kier molecular flexibility index (Phi) is 4.66. The van der Waals surface area contributed by atoms with Crippen LogP contribution in [0.4, 0.5) is 16.2 Å². The summed E-state index contributed by atoms with van der Waals surface area (Å²) in [7, 11) is 0. The molecule has 132 valence electrons. The maximum absolute atomic E-state index is 12.9. The molecule has 4 nitrogen and oxygen atoms in total. The first kappa shape index (κ1) is 16.5. The third kappa shape index (κ3) is 3.25. The summed E-state index contributed by atoms with van der Waals surface area (Å²) >= 11 is 1.81. The average molecular weight is 356 g/mol. The molecule has 1 N–H and O–H groups in total. The van der Waals surface area contributed by atoms with Gasteiger partial charge >= 0.3 is 6.03 Å². The molecule has 0 saturated carbocycles. The Balaban J connectivity index is 1.49. The minimum absolute atomic E-state index is 0.0160. The first-order valence-electron chi connectivity index (χ1n) is 9.25. The number of nitrogens with one attached hydrogen (secondary N) is 1.